The van der Waals surface area contributed by atoms with Crippen LogP contribution in [-0.2, 0) is 46.3 Å². The highest BCUT2D eigenvalue weighted by Crippen LogP contribution is 2.51. The van der Waals surface area contributed by atoms with E-state index in [1.807, 2.05) is 48.5 Å². The first-order valence-electron chi connectivity index (χ1n) is 31.0. The number of aromatic nitrogens is 2. The maximum atomic E-state index is 15.3. The molecule has 4 aliphatic rings. The number of carbonyl (C=O) groups excluding carboxylic acids is 3. The van der Waals surface area contributed by atoms with Gasteiger partial charge >= 0.3 is 18.1 Å². The van der Waals surface area contributed by atoms with Gasteiger partial charge in [-0.15, -0.1) is 0 Å². The van der Waals surface area contributed by atoms with E-state index < -0.39 is 52.0 Å². The Morgan fingerprint density at radius 3 is 2.32 bits per heavy atom. The lowest BCUT2D eigenvalue weighted by Gasteiger charge is -2.42. The van der Waals surface area contributed by atoms with E-state index in [1.54, 1.807) is 27.8 Å². The van der Waals surface area contributed by atoms with Crippen LogP contribution in [0.5, 0.6) is 6.01 Å². The number of likely N-dealkylation sites (N-methyl/N-ethyl adjacent to an activating group) is 1. The summed E-state index contributed by atoms with van der Waals surface area (Å²) in [7, 11) is 1.62. The van der Waals surface area contributed by atoms with Crippen molar-refractivity contribution in [3.63, 3.8) is 0 Å². The van der Waals surface area contributed by atoms with Gasteiger partial charge in [-0.1, -0.05) is 84.5 Å². The molecule has 2 saturated heterocycles. The molecule has 20 nitrogen and oxygen atoms in total. The Morgan fingerprint density at radius 2 is 1.59 bits per heavy atom. The Hall–Kier alpha value is -7.24. The molecule has 91 heavy (non-hydrogen) atoms. The number of piperazine rings is 1. The van der Waals surface area contributed by atoms with Gasteiger partial charge in [-0.25, -0.2) is 22.8 Å². The van der Waals surface area contributed by atoms with Crippen LogP contribution in [0.25, 0.3) is 10.8 Å². The summed E-state index contributed by atoms with van der Waals surface area (Å²) >= 11 is 7.95. The van der Waals surface area contributed by atoms with Crippen LogP contribution in [0.2, 0.25) is 5.02 Å². The molecule has 5 heterocycles. The molecule has 0 bridgehead atoms. The van der Waals surface area contributed by atoms with E-state index in [1.165, 1.54) is 14.8 Å². The smallest absolute Gasteiger partial charge is 0.407 e. The summed E-state index contributed by atoms with van der Waals surface area (Å²) in [6.07, 6.45) is 3.57. The summed E-state index contributed by atoms with van der Waals surface area (Å²) in [5.74, 6) is -2.48. The lowest BCUT2D eigenvalue weighted by Crippen LogP contribution is -2.55. The number of likely N-dealkylation sites (tertiary alicyclic amines) is 1. The molecule has 1 N–H and O–H groups in total. The van der Waals surface area contributed by atoms with E-state index in [-0.39, 0.29) is 68.5 Å². The Balaban J connectivity index is 0.688. The van der Waals surface area contributed by atoms with Crippen LogP contribution in [-0.4, -0.2) is 189 Å². The first-order chi connectivity index (χ1) is 43.9. The number of halogens is 4. The number of anilines is 2. The van der Waals surface area contributed by atoms with E-state index in [4.69, 9.17) is 50.0 Å². The number of hydrogen-bond donors (Lipinski definition) is 1. The maximum Gasteiger partial charge on any atom is 0.407 e. The summed E-state index contributed by atoms with van der Waals surface area (Å²) in [5, 5.41) is 21.3. The molecule has 3 atom stereocenters. The van der Waals surface area contributed by atoms with Crippen molar-refractivity contribution in [1.29, 1.82) is 5.26 Å². The van der Waals surface area contributed by atoms with Crippen molar-refractivity contribution in [2.75, 3.05) is 129 Å². The van der Waals surface area contributed by atoms with Crippen LogP contribution in [0.4, 0.5) is 34.3 Å². The van der Waals surface area contributed by atoms with Crippen molar-refractivity contribution in [3.8, 4) is 12.1 Å². The first-order valence-corrected chi connectivity index (χ1v) is 32.2. The van der Waals surface area contributed by atoms with Crippen LogP contribution in [0.1, 0.15) is 81.7 Å². The van der Waals surface area contributed by atoms with Crippen molar-refractivity contribution in [1.82, 2.24) is 35.0 Å². The van der Waals surface area contributed by atoms with Gasteiger partial charge in [0.25, 0.3) is 5.91 Å². The minimum atomic E-state index is -1.18. The highest BCUT2D eigenvalue weighted by Gasteiger charge is 2.50. The Kier molecular flexibility index (Phi) is 24.2. The van der Waals surface area contributed by atoms with Crippen LogP contribution < -0.4 is 19.9 Å². The summed E-state index contributed by atoms with van der Waals surface area (Å²) in [4.78, 5) is 58.2. The number of amides is 4. The third kappa shape index (κ3) is 17.9. The van der Waals surface area contributed by atoms with Crippen molar-refractivity contribution in [2.45, 2.75) is 94.8 Å². The quantitative estimate of drug-likeness (QED) is 0.0350. The predicted molar refractivity (Wildman–Crippen MR) is 344 cm³/mol. The number of thioether (sulfide) groups is 1. The Labute approximate surface area is 539 Å². The predicted octanol–water partition coefficient (Wildman–Crippen LogP) is 10.5. The average Bonchev–Trinajstić information content (AvgIpc) is 1.72. The van der Waals surface area contributed by atoms with E-state index in [0.29, 0.717) is 102 Å². The van der Waals surface area contributed by atoms with E-state index in [0.717, 1.165) is 90.0 Å². The second-order valence-electron chi connectivity index (χ2n) is 23.7. The van der Waals surface area contributed by atoms with Crippen molar-refractivity contribution >= 4 is 68.7 Å². The van der Waals surface area contributed by atoms with Gasteiger partial charge in [-0.05, 0) is 107 Å². The van der Waals surface area contributed by atoms with Gasteiger partial charge < -0.3 is 53.3 Å². The normalized spacial score (nSPS) is 18.5. The molecule has 488 valence electrons. The molecule has 25 heteroatoms. The summed E-state index contributed by atoms with van der Waals surface area (Å²) < 4.78 is 79.1. The largest absolute Gasteiger partial charge is 0.462 e. The minimum Gasteiger partial charge on any atom is -0.462 e. The molecule has 0 radical (unpaired) electrons. The molecule has 5 aromatic rings. The first kappa shape index (κ1) is 68.1. The zero-order valence-electron chi connectivity index (χ0n) is 52.2. The van der Waals surface area contributed by atoms with Crippen LogP contribution in [0.3, 0.4) is 0 Å². The highest BCUT2D eigenvalue weighted by atomic mass is 35.5. The van der Waals surface area contributed by atoms with E-state index in [2.05, 4.69) is 56.0 Å². The molecule has 0 spiro atoms. The molecule has 2 fully saturated rings. The number of nitrogens with zero attached hydrogens (tertiary/aromatic N) is 10. The monoisotopic (exact) mass is 1300 g/mol. The standard InChI is InChI=1S/C66H81ClF3N11O9S/c1-46(68)61(82)80-32-31-79(43-50(80)23-26-71)59-52-24-30-78(57-20-10-15-47-14-9-19-54(67)58(47)57)44-56(52)73-62(74-59)89-45-51-18-11-28-77(51)29-13-34-85-36-38-87-40-41-88-39-37-86-35-33-76(5)64(84)81-66(48-16-7-6-8-17-48,25-12-27-72-63(83)90-65(2,3)4)91-60(75-81)53-42-49(69)21-22-55(53)70/h6-10,14-17,19-22,42,50-51H,1,11-13,18,23-25,27-41,43-45H2,2-5H3,(H,72,83)/t50-,51-,66-/m0/s1. The van der Waals surface area contributed by atoms with Gasteiger partial charge in [0.15, 0.2) is 5.83 Å². The fraction of sp³-hybridized carbons (Fsp3) is 0.500. The van der Waals surface area contributed by atoms with E-state index in [9.17, 15) is 28.4 Å². The number of ether oxygens (including phenoxy) is 6. The number of urea groups is 1. The van der Waals surface area contributed by atoms with Crippen molar-refractivity contribution in [2.24, 2.45) is 5.10 Å². The molecular formula is C66H81ClF3N11O9S. The lowest BCUT2D eigenvalue weighted by atomic mass is 10.0. The molecule has 4 amide bonds. The van der Waals surface area contributed by atoms with E-state index >= 15 is 4.39 Å². The number of carbonyl (C=O) groups is 3. The third-order valence-corrected chi connectivity index (χ3v) is 17.9. The molecule has 4 aromatic carbocycles. The number of nitriles is 1. The molecule has 4 aliphatic heterocycles. The number of nitrogens with one attached hydrogen (secondary N) is 1. The van der Waals surface area contributed by atoms with Crippen LogP contribution in [0, 0.1) is 23.0 Å². The summed E-state index contributed by atoms with van der Waals surface area (Å²) in [6, 6.07) is 25.9. The van der Waals surface area contributed by atoms with Gasteiger partial charge in [-0.2, -0.15) is 25.3 Å². The number of hydrazone groups is 1. The minimum absolute atomic E-state index is 0.0261. The number of rotatable bonds is 29. The number of hydrogen-bond acceptors (Lipinski definition) is 17. The SMILES string of the molecule is C=C(F)C(=O)N1CCN(c2nc(OC[C@@H]3CCCN3CCCOCCOCCOCCOCCN(C)C(=O)N3N=C(c4cc(F)ccc4F)S[C@@]3(CCCNC(=O)OC(C)(C)C)c3ccccc3)nc3c2CCN(c2cccc4cccc(Cl)c24)C3)C[C@@H]1CC#N. The third-order valence-electron chi connectivity index (χ3n) is 16.2. The van der Waals surface area contributed by atoms with Crippen molar-refractivity contribution < 1.29 is 56.0 Å². The fourth-order valence-corrected chi connectivity index (χ4v) is 13.4. The zero-order chi connectivity index (χ0) is 64.5. The number of alkyl carbamates (subject to hydrolysis) is 1. The van der Waals surface area contributed by atoms with Crippen LogP contribution in [0.15, 0.2) is 102 Å². The summed E-state index contributed by atoms with van der Waals surface area (Å²) in [6.45, 7) is 16.0. The van der Waals surface area contributed by atoms with Gasteiger partial charge in [0.2, 0.25) is 0 Å². The second kappa shape index (κ2) is 32.4. The highest BCUT2D eigenvalue weighted by molar-refractivity contribution is 8.15. The Bertz CT molecular complexity index is 3400. The second-order valence-corrected chi connectivity index (χ2v) is 25.4. The van der Waals surface area contributed by atoms with Gasteiger partial charge in [0.05, 0.1) is 82.0 Å². The fourth-order valence-electron chi connectivity index (χ4n) is 11.7. The van der Waals surface area contributed by atoms with Gasteiger partial charge in [0.1, 0.15) is 39.6 Å². The van der Waals surface area contributed by atoms with Crippen molar-refractivity contribution in [3.05, 3.63) is 136 Å². The van der Waals surface area contributed by atoms with Gasteiger partial charge in [-0.3, -0.25) is 9.69 Å². The van der Waals surface area contributed by atoms with Gasteiger partial charge in [0, 0.05) is 87.7 Å². The topological polar surface area (TPSA) is 200 Å². The number of benzene rings is 4. The molecule has 1 aromatic heterocycles. The van der Waals surface area contributed by atoms with Crippen LogP contribution >= 0.6 is 23.4 Å². The maximum absolute atomic E-state index is 15.3. The molecular weight excluding hydrogens is 1220 g/mol. The number of fused-ring (bicyclic) bond motifs is 2. The Morgan fingerprint density at radius 1 is 0.868 bits per heavy atom. The average molecular weight is 1300 g/mol. The molecule has 0 saturated carbocycles. The summed E-state index contributed by atoms with van der Waals surface area (Å²) in [5.41, 5.74) is 2.76. The zero-order valence-corrected chi connectivity index (χ0v) is 53.8. The molecule has 9 rings (SSSR count). The molecule has 0 unspecified atom stereocenters. The lowest BCUT2D eigenvalue weighted by molar-refractivity contribution is -0.131. The molecule has 0 aliphatic carbocycles.